The van der Waals surface area contributed by atoms with Gasteiger partial charge in [-0.3, -0.25) is 14.9 Å². The van der Waals surface area contributed by atoms with Gasteiger partial charge in [0.2, 0.25) is 5.91 Å². The standard InChI is InChI=1S/C26H33N3O2S.C2HF3O2/c27-26(31)23(18-22-10-6-16-32-22)28-21(17-19-7-2-1-3-8-19)12-13-25(30)29-15-14-20-9-4-5-11-24(20)29;3-2(4,5)1(6)7/h4-6,9-13,16,19,21,23,28H,1-3,7-8,14-15,17-18H2,(H2,27,31);(H,6,7)/b13-12+;/t21-,23+;/m1./s1. The molecular formula is C28H34F3N3O4S. The molecule has 7 nitrogen and oxygen atoms in total. The Balaban J connectivity index is 0.000000532. The van der Waals surface area contributed by atoms with Crippen LogP contribution in [0.4, 0.5) is 18.9 Å². The lowest BCUT2D eigenvalue weighted by molar-refractivity contribution is -0.192. The van der Waals surface area contributed by atoms with Crippen molar-refractivity contribution in [3.8, 4) is 0 Å². The van der Waals surface area contributed by atoms with Gasteiger partial charge in [0.05, 0.1) is 6.04 Å². The van der Waals surface area contributed by atoms with Crippen LogP contribution in [0.1, 0.15) is 49.0 Å². The van der Waals surface area contributed by atoms with E-state index in [4.69, 9.17) is 15.6 Å². The number of amides is 2. The fourth-order valence-corrected chi connectivity index (χ4v) is 5.72. The number of para-hydroxylation sites is 1. The van der Waals surface area contributed by atoms with E-state index in [9.17, 15) is 22.8 Å². The highest BCUT2D eigenvalue weighted by Crippen LogP contribution is 2.29. The minimum atomic E-state index is -5.08. The van der Waals surface area contributed by atoms with Gasteiger partial charge in [-0.25, -0.2) is 4.79 Å². The molecule has 1 aliphatic heterocycles. The maximum atomic E-state index is 13.0. The molecule has 0 saturated heterocycles. The summed E-state index contributed by atoms with van der Waals surface area (Å²) in [4.78, 5) is 37.1. The van der Waals surface area contributed by atoms with E-state index in [2.05, 4.69) is 11.4 Å². The van der Waals surface area contributed by atoms with Gasteiger partial charge in [0, 0.05) is 35.6 Å². The van der Waals surface area contributed by atoms with E-state index in [0.29, 0.717) is 18.9 Å². The molecule has 4 N–H and O–H groups in total. The molecule has 1 aliphatic carbocycles. The lowest BCUT2D eigenvalue weighted by atomic mass is 9.84. The van der Waals surface area contributed by atoms with E-state index in [1.54, 1.807) is 17.4 Å². The fraction of sp³-hybridized carbons (Fsp3) is 0.464. The molecule has 2 atom stereocenters. The van der Waals surface area contributed by atoms with E-state index in [-0.39, 0.29) is 17.9 Å². The van der Waals surface area contributed by atoms with Crippen LogP contribution in [0.2, 0.25) is 0 Å². The van der Waals surface area contributed by atoms with Crippen LogP contribution in [-0.2, 0) is 27.2 Å². The second kappa shape index (κ2) is 14.3. The highest BCUT2D eigenvalue weighted by atomic mass is 32.1. The highest BCUT2D eigenvalue weighted by molar-refractivity contribution is 7.09. The Hall–Kier alpha value is -3.18. The molecule has 212 valence electrons. The number of rotatable bonds is 9. The summed E-state index contributed by atoms with van der Waals surface area (Å²) in [6.45, 7) is 0.714. The molecule has 11 heteroatoms. The number of carbonyl (C=O) groups is 3. The summed E-state index contributed by atoms with van der Waals surface area (Å²) in [6.07, 6.45) is 7.22. The topological polar surface area (TPSA) is 113 Å². The molecule has 4 rings (SSSR count). The zero-order chi connectivity index (χ0) is 28.4. The number of nitrogens with one attached hydrogen (secondary N) is 1. The number of hydrogen-bond acceptors (Lipinski definition) is 5. The van der Waals surface area contributed by atoms with Crippen molar-refractivity contribution in [1.82, 2.24) is 5.32 Å². The summed E-state index contributed by atoms with van der Waals surface area (Å²) in [5, 5.41) is 12.6. The van der Waals surface area contributed by atoms with Crippen LogP contribution >= 0.6 is 11.3 Å². The average molecular weight is 566 g/mol. The number of aliphatic carboxylic acids is 1. The number of fused-ring (bicyclic) bond motifs is 1. The average Bonchev–Trinajstić information content (AvgIpc) is 3.57. The van der Waals surface area contributed by atoms with Crippen LogP contribution in [0.25, 0.3) is 0 Å². The number of carboxylic acid groups (broad SMARTS) is 1. The summed E-state index contributed by atoms with van der Waals surface area (Å²) in [7, 11) is 0. The molecule has 0 unspecified atom stereocenters. The molecule has 2 aliphatic rings. The number of carboxylic acids is 1. The summed E-state index contributed by atoms with van der Waals surface area (Å²) in [5.74, 6) is -2.49. The first-order chi connectivity index (χ1) is 18.5. The number of nitrogens with zero attached hydrogens (tertiary/aromatic N) is 1. The Bertz CT molecular complexity index is 1130. The number of carbonyl (C=O) groups excluding carboxylic acids is 2. The second-order valence-corrected chi connectivity index (χ2v) is 10.8. The molecule has 2 aromatic rings. The van der Waals surface area contributed by atoms with E-state index in [1.807, 2.05) is 46.7 Å². The van der Waals surface area contributed by atoms with Crippen molar-refractivity contribution < 1.29 is 32.7 Å². The molecule has 1 aromatic carbocycles. The number of halogens is 3. The zero-order valence-electron chi connectivity index (χ0n) is 21.5. The molecule has 2 heterocycles. The van der Waals surface area contributed by atoms with Gasteiger partial charge < -0.3 is 15.7 Å². The molecule has 0 bridgehead atoms. The van der Waals surface area contributed by atoms with Crippen molar-refractivity contribution in [2.75, 3.05) is 11.4 Å². The third-order valence-corrected chi connectivity index (χ3v) is 7.82. The first kappa shape index (κ1) is 30.4. The second-order valence-electron chi connectivity index (χ2n) is 9.78. The maximum absolute atomic E-state index is 13.0. The van der Waals surface area contributed by atoms with Crippen LogP contribution in [0.5, 0.6) is 0 Å². The molecule has 39 heavy (non-hydrogen) atoms. The van der Waals surface area contributed by atoms with Gasteiger partial charge >= 0.3 is 12.1 Å². The van der Waals surface area contributed by atoms with Gasteiger partial charge in [-0.05, 0) is 41.8 Å². The zero-order valence-corrected chi connectivity index (χ0v) is 22.3. The Kier molecular flexibility index (Phi) is 11.1. The van der Waals surface area contributed by atoms with Crippen LogP contribution in [0.15, 0.2) is 53.9 Å². The van der Waals surface area contributed by atoms with Crippen molar-refractivity contribution in [1.29, 1.82) is 0 Å². The van der Waals surface area contributed by atoms with Crippen molar-refractivity contribution in [2.45, 2.75) is 69.6 Å². The number of anilines is 1. The molecular weight excluding hydrogens is 531 g/mol. The predicted molar refractivity (Wildman–Crippen MR) is 144 cm³/mol. The summed E-state index contributed by atoms with van der Waals surface area (Å²) < 4.78 is 31.7. The van der Waals surface area contributed by atoms with E-state index in [1.165, 1.54) is 37.7 Å². The first-order valence-electron chi connectivity index (χ1n) is 13.0. The monoisotopic (exact) mass is 565 g/mol. The quantitative estimate of drug-likeness (QED) is 0.376. The van der Waals surface area contributed by atoms with Gasteiger partial charge in [-0.2, -0.15) is 13.2 Å². The molecule has 1 aromatic heterocycles. The smallest absolute Gasteiger partial charge is 0.475 e. The lowest BCUT2D eigenvalue weighted by Gasteiger charge is -2.28. The molecule has 1 saturated carbocycles. The van der Waals surface area contributed by atoms with Crippen LogP contribution < -0.4 is 16.0 Å². The van der Waals surface area contributed by atoms with Gasteiger partial charge in [-0.15, -0.1) is 11.3 Å². The van der Waals surface area contributed by atoms with Gasteiger partial charge in [-0.1, -0.05) is 62.4 Å². The van der Waals surface area contributed by atoms with Crippen molar-refractivity contribution in [2.24, 2.45) is 11.7 Å². The maximum Gasteiger partial charge on any atom is 0.490 e. The Morgan fingerprint density at radius 1 is 1.13 bits per heavy atom. The number of alkyl halides is 3. The SMILES string of the molecule is NC(=O)[C@H](Cc1cccs1)N[C@H](/C=C/C(=O)N1CCc2ccccc21)CC1CCCCC1.O=C(O)C(F)(F)F. The molecule has 0 radical (unpaired) electrons. The number of hydrogen-bond donors (Lipinski definition) is 3. The first-order valence-corrected chi connectivity index (χ1v) is 13.9. The normalized spacial score (nSPS) is 17.3. The van der Waals surface area contributed by atoms with Crippen molar-refractivity contribution >= 4 is 34.8 Å². The lowest BCUT2D eigenvalue weighted by Crippen LogP contribution is -2.47. The summed E-state index contributed by atoms with van der Waals surface area (Å²) in [5.41, 5.74) is 7.97. The minimum Gasteiger partial charge on any atom is -0.475 e. The van der Waals surface area contributed by atoms with Crippen molar-refractivity contribution in [3.05, 3.63) is 64.4 Å². The highest BCUT2D eigenvalue weighted by Gasteiger charge is 2.38. The van der Waals surface area contributed by atoms with Crippen LogP contribution in [0.3, 0.4) is 0 Å². The summed E-state index contributed by atoms with van der Waals surface area (Å²) in [6, 6.07) is 11.6. The van der Waals surface area contributed by atoms with E-state index >= 15 is 0 Å². The summed E-state index contributed by atoms with van der Waals surface area (Å²) >= 11 is 1.63. The van der Waals surface area contributed by atoms with Crippen molar-refractivity contribution in [3.63, 3.8) is 0 Å². The Labute approximate surface area is 229 Å². The number of thiophene rings is 1. The molecule has 0 spiro atoms. The van der Waals surface area contributed by atoms with Gasteiger partial charge in [0.25, 0.3) is 5.91 Å². The third-order valence-electron chi connectivity index (χ3n) is 6.92. The van der Waals surface area contributed by atoms with Crippen LogP contribution in [0, 0.1) is 5.92 Å². The molecule has 1 fully saturated rings. The van der Waals surface area contributed by atoms with Crippen LogP contribution in [-0.4, -0.2) is 47.7 Å². The minimum absolute atomic E-state index is 0.000670. The van der Waals surface area contributed by atoms with E-state index in [0.717, 1.165) is 23.4 Å². The fourth-order valence-electron chi connectivity index (χ4n) is 4.97. The number of nitrogens with two attached hydrogens (primary N) is 1. The number of benzene rings is 1. The Morgan fingerprint density at radius 2 is 1.82 bits per heavy atom. The Morgan fingerprint density at radius 3 is 2.44 bits per heavy atom. The molecule has 2 amide bonds. The van der Waals surface area contributed by atoms with Gasteiger partial charge in [0.1, 0.15) is 0 Å². The predicted octanol–water partition coefficient (Wildman–Crippen LogP) is 4.85. The number of primary amides is 1. The van der Waals surface area contributed by atoms with Gasteiger partial charge in [0.15, 0.2) is 0 Å². The van der Waals surface area contributed by atoms with E-state index < -0.39 is 18.2 Å². The largest absolute Gasteiger partial charge is 0.490 e. The third kappa shape index (κ3) is 9.50.